The SMILES string of the molecule is CC(Nc1c(F)cccc1Br)c1cccs1. The summed E-state index contributed by atoms with van der Waals surface area (Å²) in [5.41, 5.74) is 0.517. The van der Waals surface area contributed by atoms with E-state index in [4.69, 9.17) is 0 Å². The average molecular weight is 300 g/mol. The molecule has 1 atom stereocenters. The van der Waals surface area contributed by atoms with Crippen LogP contribution >= 0.6 is 27.3 Å². The molecule has 0 aliphatic carbocycles. The number of hydrogen-bond acceptors (Lipinski definition) is 2. The number of halogens is 2. The van der Waals surface area contributed by atoms with Gasteiger partial charge in [-0.15, -0.1) is 11.3 Å². The van der Waals surface area contributed by atoms with Crippen LogP contribution in [0.2, 0.25) is 0 Å². The van der Waals surface area contributed by atoms with E-state index in [-0.39, 0.29) is 11.9 Å². The molecule has 1 aromatic carbocycles. The van der Waals surface area contributed by atoms with Gasteiger partial charge in [0.2, 0.25) is 0 Å². The summed E-state index contributed by atoms with van der Waals surface area (Å²) in [6, 6.07) is 9.10. The van der Waals surface area contributed by atoms with E-state index >= 15 is 0 Å². The van der Waals surface area contributed by atoms with Gasteiger partial charge < -0.3 is 5.32 Å². The van der Waals surface area contributed by atoms with Gasteiger partial charge in [-0.1, -0.05) is 12.1 Å². The second kappa shape index (κ2) is 4.97. The number of benzene rings is 1. The highest BCUT2D eigenvalue weighted by atomic mass is 79.9. The summed E-state index contributed by atoms with van der Waals surface area (Å²) in [4.78, 5) is 1.19. The van der Waals surface area contributed by atoms with Gasteiger partial charge in [-0.3, -0.25) is 0 Å². The number of rotatable bonds is 3. The Morgan fingerprint density at radius 3 is 2.75 bits per heavy atom. The minimum Gasteiger partial charge on any atom is -0.374 e. The molecule has 1 N–H and O–H groups in total. The lowest BCUT2D eigenvalue weighted by Crippen LogP contribution is -2.06. The van der Waals surface area contributed by atoms with Gasteiger partial charge >= 0.3 is 0 Å². The molecular formula is C12H11BrFNS. The number of nitrogens with one attached hydrogen (secondary N) is 1. The second-order valence-electron chi connectivity index (χ2n) is 3.48. The maximum Gasteiger partial charge on any atom is 0.147 e. The maximum absolute atomic E-state index is 13.6. The zero-order valence-electron chi connectivity index (χ0n) is 8.71. The minimum atomic E-state index is -0.238. The first-order chi connectivity index (χ1) is 7.68. The lowest BCUT2D eigenvalue weighted by atomic mass is 10.2. The Balaban J connectivity index is 2.21. The maximum atomic E-state index is 13.6. The van der Waals surface area contributed by atoms with E-state index in [0.29, 0.717) is 5.69 Å². The predicted octanol–water partition coefficient (Wildman–Crippen LogP) is 4.82. The van der Waals surface area contributed by atoms with Crippen LogP contribution in [0.4, 0.5) is 10.1 Å². The van der Waals surface area contributed by atoms with Crippen LogP contribution in [0.15, 0.2) is 40.2 Å². The van der Waals surface area contributed by atoms with Crippen molar-refractivity contribution in [3.63, 3.8) is 0 Å². The van der Waals surface area contributed by atoms with Gasteiger partial charge in [0.15, 0.2) is 0 Å². The largest absolute Gasteiger partial charge is 0.374 e. The number of para-hydroxylation sites is 1. The Kier molecular flexibility index (Phi) is 3.61. The van der Waals surface area contributed by atoms with E-state index in [1.165, 1.54) is 10.9 Å². The van der Waals surface area contributed by atoms with Crippen LogP contribution in [0.1, 0.15) is 17.8 Å². The van der Waals surface area contributed by atoms with Gasteiger partial charge in [0, 0.05) is 9.35 Å². The van der Waals surface area contributed by atoms with Crippen molar-refractivity contribution in [2.24, 2.45) is 0 Å². The number of anilines is 1. The monoisotopic (exact) mass is 299 g/mol. The van der Waals surface area contributed by atoms with Crippen LogP contribution in [0.3, 0.4) is 0 Å². The zero-order chi connectivity index (χ0) is 11.5. The molecule has 0 aliphatic rings. The molecule has 1 nitrogen and oxygen atoms in total. The van der Waals surface area contributed by atoms with Crippen LogP contribution in [-0.2, 0) is 0 Å². The van der Waals surface area contributed by atoms with Crippen molar-refractivity contribution in [3.05, 3.63) is 50.9 Å². The van der Waals surface area contributed by atoms with Crippen LogP contribution in [0, 0.1) is 5.82 Å². The fraction of sp³-hybridized carbons (Fsp3) is 0.167. The molecule has 1 heterocycles. The molecule has 1 unspecified atom stereocenters. The van der Waals surface area contributed by atoms with Gasteiger partial charge in [-0.25, -0.2) is 4.39 Å². The lowest BCUT2D eigenvalue weighted by Gasteiger charge is -2.15. The van der Waals surface area contributed by atoms with Crippen molar-refractivity contribution in [1.82, 2.24) is 0 Å². The molecular weight excluding hydrogens is 289 g/mol. The summed E-state index contributed by atoms with van der Waals surface area (Å²) in [5, 5.41) is 5.19. The summed E-state index contributed by atoms with van der Waals surface area (Å²) in [6.07, 6.45) is 0. The lowest BCUT2D eigenvalue weighted by molar-refractivity contribution is 0.627. The molecule has 4 heteroatoms. The molecule has 0 bridgehead atoms. The normalized spacial score (nSPS) is 12.4. The molecule has 0 saturated carbocycles. The Labute approximate surface area is 106 Å². The summed E-state index contributed by atoms with van der Waals surface area (Å²) in [6.45, 7) is 2.02. The van der Waals surface area contributed by atoms with Crippen LogP contribution in [0.5, 0.6) is 0 Å². The summed E-state index contributed by atoms with van der Waals surface area (Å²) in [5.74, 6) is -0.238. The average Bonchev–Trinajstić information content (AvgIpc) is 2.76. The third-order valence-corrected chi connectivity index (χ3v) is 4.01. The molecule has 84 valence electrons. The molecule has 0 saturated heterocycles. The van der Waals surface area contributed by atoms with Crippen LogP contribution in [0.25, 0.3) is 0 Å². The zero-order valence-corrected chi connectivity index (χ0v) is 11.1. The first-order valence-electron chi connectivity index (χ1n) is 4.92. The second-order valence-corrected chi connectivity index (χ2v) is 5.31. The predicted molar refractivity (Wildman–Crippen MR) is 70.5 cm³/mol. The molecule has 1 aromatic heterocycles. The molecule has 2 rings (SSSR count). The Morgan fingerprint density at radius 2 is 2.12 bits per heavy atom. The first-order valence-corrected chi connectivity index (χ1v) is 6.59. The number of thiophene rings is 1. The van der Waals surface area contributed by atoms with Crippen molar-refractivity contribution in [2.45, 2.75) is 13.0 Å². The van der Waals surface area contributed by atoms with Gasteiger partial charge in [0.25, 0.3) is 0 Å². The van der Waals surface area contributed by atoms with E-state index in [0.717, 1.165) is 4.47 Å². The van der Waals surface area contributed by atoms with Gasteiger partial charge in [0.05, 0.1) is 11.7 Å². The molecule has 0 spiro atoms. The smallest absolute Gasteiger partial charge is 0.147 e. The molecule has 0 fully saturated rings. The Hall–Kier alpha value is -0.870. The third-order valence-electron chi connectivity index (χ3n) is 2.29. The highest BCUT2D eigenvalue weighted by Gasteiger charge is 2.11. The standard InChI is InChI=1S/C12H11BrFNS/c1-8(11-6-3-7-16-11)15-12-9(13)4-2-5-10(12)14/h2-8,15H,1H3. The van der Waals surface area contributed by atoms with E-state index in [1.807, 2.05) is 30.5 Å². The van der Waals surface area contributed by atoms with E-state index < -0.39 is 0 Å². The highest BCUT2D eigenvalue weighted by molar-refractivity contribution is 9.10. The third kappa shape index (κ3) is 2.44. The van der Waals surface area contributed by atoms with Crippen LogP contribution in [-0.4, -0.2) is 0 Å². The molecule has 0 aliphatic heterocycles. The first kappa shape index (κ1) is 11.6. The van der Waals surface area contributed by atoms with Gasteiger partial charge in [-0.05, 0) is 46.4 Å². The van der Waals surface area contributed by atoms with Crippen LogP contribution < -0.4 is 5.32 Å². The topological polar surface area (TPSA) is 12.0 Å². The molecule has 0 radical (unpaired) electrons. The van der Waals surface area contributed by atoms with Crippen molar-refractivity contribution >= 4 is 33.0 Å². The molecule has 0 amide bonds. The van der Waals surface area contributed by atoms with Crippen molar-refractivity contribution in [1.29, 1.82) is 0 Å². The highest BCUT2D eigenvalue weighted by Crippen LogP contribution is 2.30. The van der Waals surface area contributed by atoms with Crippen molar-refractivity contribution < 1.29 is 4.39 Å². The van der Waals surface area contributed by atoms with Crippen molar-refractivity contribution in [3.8, 4) is 0 Å². The number of hydrogen-bond donors (Lipinski definition) is 1. The summed E-state index contributed by atoms with van der Waals surface area (Å²) in [7, 11) is 0. The quantitative estimate of drug-likeness (QED) is 0.856. The fourth-order valence-electron chi connectivity index (χ4n) is 1.46. The van der Waals surface area contributed by atoms with Gasteiger partial charge in [0.1, 0.15) is 5.82 Å². The van der Waals surface area contributed by atoms with E-state index in [9.17, 15) is 4.39 Å². The van der Waals surface area contributed by atoms with Gasteiger partial charge in [-0.2, -0.15) is 0 Å². The van der Waals surface area contributed by atoms with E-state index in [2.05, 4.69) is 21.2 Å². The fourth-order valence-corrected chi connectivity index (χ4v) is 2.65. The van der Waals surface area contributed by atoms with Crippen molar-refractivity contribution in [2.75, 3.05) is 5.32 Å². The van der Waals surface area contributed by atoms with E-state index in [1.54, 1.807) is 17.4 Å². The summed E-state index contributed by atoms with van der Waals surface area (Å²) >= 11 is 5.00. The summed E-state index contributed by atoms with van der Waals surface area (Å²) < 4.78 is 14.3. The Bertz CT molecular complexity index is 450. The molecule has 16 heavy (non-hydrogen) atoms. The molecule has 2 aromatic rings. The Morgan fingerprint density at radius 1 is 1.31 bits per heavy atom. The minimum absolute atomic E-state index is 0.105.